The first-order valence-electron chi connectivity index (χ1n) is 7.88. The summed E-state index contributed by atoms with van der Waals surface area (Å²) in [6, 6.07) is 20.1. The van der Waals surface area contributed by atoms with Crippen molar-refractivity contribution in [3.63, 3.8) is 0 Å². The van der Waals surface area contributed by atoms with Crippen LogP contribution in [0.4, 0.5) is 8.78 Å². The number of ether oxygens (including phenoxy) is 1. The Kier molecular flexibility index (Phi) is 5.23. The first-order valence-corrected chi connectivity index (χ1v) is 7.88. The van der Waals surface area contributed by atoms with Crippen LogP contribution < -0.4 is 10.3 Å². The highest BCUT2D eigenvalue weighted by Crippen LogP contribution is 2.20. The van der Waals surface area contributed by atoms with E-state index in [-0.39, 0.29) is 0 Å². The van der Waals surface area contributed by atoms with Crippen LogP contribution in [-0.4, -0.2) is 11.0 Å². The highest BCUT2D eigenvalue weighted by molar-refractivity contribution is 5.63. The average molecular weight is 341 g/mol. The van der Waals surface area contributed by atoms with Crippen LogP contribution in [0.1, 0.15) is 5.56 Å². The second-order valence-corrected chi connectivity index (χ2v) is 5.57. The van der Waals surface area contributed by atoms with Gasteiger partial charge in [0.1, 0.15) is 12.4 Å². The summed E-state index contributed by atoms with van der Waals surface area (Å²) in [5.41, 5.74) is 1.68. The zero-order valence-electron chi connectivity index (χ0n) is 13.4. The third-order valence-electron chi connectivity index (χ3n) is 3.77. The molecule has 0 amide bonds. The largest absolute Gasteiger partial charge is 0.489 e. The predicted octanol–water partition coefficient (Wildman–Crippen LogP) is 4.36. The topological polar surface area (TPSA) is 31.2 Å². The van der Waals surface area contributed by atoms with E-state index in [9.17, 15) is 13.6 Å². The molecule has 5 heteroatoms. The molecule has 0 bridgehead atoms. The van der Waals surface area contributed by atoms with E-state index < -0.39 is 18.5 Å². The molecular weight excluding hydrogens is 324 g/mol. The number of halogens is 2. The number of hydrogen-bond acceptors (Lipinski definition) is 2. The Morgan fingerprint density at radius 1 is 0.920 bits per heavy atom. The van der Waals surface area contributed by atoms with Crippen molar-refractivity contribution < 1.29 is 13.5 Å². The van der Waals surface area contributed by atoms with Gasteiger partial charge in [0.2, 0.25) is 0 Å². The molecule has 0 atom stereocenters. The lowest BCUT2D eigenvalue weighted by Crippen LogP contribution is -2.23. The molecule has 0 N–H and O–H groups in total. The van der Waals surface area contributed by atoms with Gasteiger partial charge < -0.3 is 9.30 Å². The van der Waals surface area contributed by atoms with Gasteiger partial charge in [-0.2, -0.15) is 0 Å². The van der Waals surface area contributed by atoms with E-state index in [1.54, 1.807) is 36.4 Å². The molecule has 0 spiro atoms. The van der Waals surface area contributed by atoms with Crippen LogP contribution in [0.5, 0.6) is 5.75 Å². The van der Waals surface area contributed by atoms with E-state index >= 15 is 0 Å². The molecule has 1 aromatic heterocycles. The van der Waals surface area contributed by atoms with E-state index in [0.717, 1.165) is 10.1 Å². The third-order valence-corrected chi connectivity index (χ3v) is 3.77. The molecular formula is C20H17F2NO2. The van der Waals surface area contributed by atoms with E-state index in [4.69, 9.17) is 4.74 Å². The lowest BCUT2D eigenvalue weighted by Gasteiger charge is -2.09. The van der Waals surface area contributed by atoms with E-state index in [1.807, 2.05) is 30.3 Å². The summed E-state index contributed by atoms with van der Waals surface area (Å²) in [5, 5.41) is 0. The Bertz CT molecular complexity index is 874. The summed E-state index contributed by atoms with van der Waals surface area (Å²) in [7, 11) is 0. The van der Waals surface area contributed by atoms with E-state index in [0.29, 0.717) is 23.5 Å². The van der Waals surface area contributed by atoms with Crippen molar-refractivity contribution in [1.82, 2.24) is 4.57 Å². The SMILES string of the molecule is O=c1c(-c2ccc(OCc3ccccc3)cc2)cccn1CC(F)F. The molecule has 0 saturated heterocycles. The predicted molar refractivity (Wildman–Crippen MR) is 92.9 cm³/mol. The summed E-state index contributed by atoms with van der Waals surface area (Å²) < 4.78 is 31.8. The fourth-order valence-corrected chi connectivity index (χ4v) is 2.52. The van der Waals surface area contributed by atoms with Gasteiger partial charge in [0.15, 0.2) is 0 Å². The summed E-state index contributed by atoms with van der Waals surface area (Å²) in [4.78, 5) is 12.3. The fraction of sp³-hybridized carbons (Fsp3) is 0.150. The van der Waals surface area contributed by atoms with Crippen LogP contribution in [0, 0.1) is 0 Å². The molecule has 3 aromatic rings. The number of rotatable bonds is 6. The van der Waals surface area contributed by atoms with Crippen LogP contribution in [0.2, 0.25) is 0 Å². The first-order chi connectivity index (χ1) is 12.1. The molecule has 0 aliphatic rings. The van der Waals surface area contributed by atoms with Crippen LogP contribution in [0.15, 0.2) is 77.7 Å². The number of benzene rings is 2. The molecule has 0 saturated carbocycles. The number of aromatic nitrogens is 1. The van der Waals surface area contributed by atoms with Gasteiger partial charge in [-0.3, -0.25) is 4.79 Å². The van der Waals surface area contributed by atoms with Gasteiger partial charge in [-0.1, -0.05) is 42.5 Å². The molecule has 0 unspecified atom stereocenters. The molecule has 2 aromatic carbocycles. The molecule has 0 fully saturated rings. The zero-order chi connectivity index (χ0) is 17.6. The average Bonchev–Trinajstić information content (AvgIpc) is 2.63. The summed E-state index contributed by atoms with van der Waals surface area (Å²) in [6.45, 7) is -0.155. The van der Waals surface area contributed by atoms with Gasteiger partial charge in [0.25, 0.3) is 12.0 Å². The van der Waals surface area contributed by atoms with Crippen molar-refractivity contribution in [3.8, 4) is 16.9 Å². The Labute approximate surface area is 144 Å². The minimum absolute atomic E-state index is 0.387. The Morgan fingerprint density at radius 3 is 2.32 bits per heavy atom. The molecule has 25 heavy (non-hydrogen) atoms. The zero-order valence-corrected chi connectivity index (χ0v) is 13.4. The maximum atomic E-state index is 12.5. The number of pyridine rings is 1. The molecule has 128 valence electrons. The van der Waals surface area contributed by atoms with E-state index in [2.05, 4.69) is 0 Å². The lowest BCUT2D eigenvalue weighted by molar-refractivity contribution is 0.125. The van der Waals surface area contributed by atoms with Crippen LogP contribution in [0.3, 0.4) is 0 Å². The Hall–Kier alpha value is -2.95. The van der Waals surface area contributed by atoms with Gasteiger partial charge in [-0.15, -0.1) is 0 Å². The summed E-state index contributed by atoms with van der Waals surface area (Å²) >= 11 is 0. The maximum Gasteiger partial charge on any atom is 0.258 e. The number of alkyl halides is 2. The van der Waals surface area contributed by atoms with Gasteiger partial charge in [0, 0.05) is 11.8 Å². The normalized spacial score (nSPS) is 10.8. The molecule has 3 rings (SSSR count). The van der Waals surface area contributed by atoms with Crippen molar-refractivity contribution in [2.45, 2.75) is 19.6 Å². The maximum absolute atomic E-state index is 12.5. The first kappa shape index (κ1) is 16.9. The highest BCUT2D eigenvalue weighted by atomic mass is 19.3. The van der Waals surface area contributed by atoms with Gasteiger partial charge in [-0.05, 0) is 35.4 Å². The molecule has 0 radical (unpaired) electrons. The van der Waals surface area contributed by atoms with Crippen LogP contribution in [0.25, 0.3) is 11.1 Å². The van der Waals surface area contributed by atoms with Crippen molar-refractivity contribution in [1.29, 1.82) is 0 Å². The third kappa shape index (κ3) is 4.32. The Balaban J connectivity index is 1.75. The summed E-state index contributed by atoms with van der Waals surface area (Å²) in [5.74, 6) is 0.677. The van der Waals surface area contributed by atoms with Crippen LogP contribution >= 0.6 is 0 Å². The van der Waals surface area contributed by atoms with Gasteiger partial charge >= 0.3 is 0 Å². The van der Waals surface area contributed by atoms with Gasteiger partial charge in [0.05, 0.1) is 6.54 Å². The fourth-order valence-electron chi connectivity index (χ4n) is 2.52. The minimum Gasteiger partial charge on any atom is -0.489 e. The Morgan fingerprint density at radius 2 is 1.64 bits per heavy atom. The molecule has 0 aliphatic heterocycles. The lowest BCUT2D eigenvalue weighted by atomic mass is 10.1. The quantitative estimate of drug-likeness (QED) is 0.667. The van der Waals surface area contributed by atoms with Crippen LogP contribution in [-0.2, 0) is 13.2 Å². The van der Waals surface area contributed by atoms with Crippen molar-refractivity contribution in [2.75, 3.05) is 0 Å². The van der Waals surface area contributed by atoms with E-state index in [1.165, 1.54) is 6.20 Å². The van der Waals surface area contributed by atoms with Crippen molar-refractivity contribution >= 4 is 0 Å². The molecule has 0 aliphatic carbocycles. The van der Waals surface area contributed by atoms with Crippen molar-refractivity contribution in [3.05, 3.63) is 88.8 Å². The van der Waals surface area contributed by atoms with Gasteiger partial charge in [-0.25, -0.2) is 8.78 Å². The second kappa shape index (κ2) is 7.75. The minimum atomic E-state index is -2.57. The molecule has 3 nitrogen and oxygen atoms in total. The second-order valence-electron chi connectivity index (χ2n) is 5.57. The van der Waals surface area contributed by atoms with Crippen molar-refractivity contribution in [2.24, 2.45) is 0 Å². The number of nitrogens with zero attached hydrogens (tertiary/aromatic N) is 1. The number of hydrogen-bond donors (Lipinski definition) is 0. The smallest absolute Gasteiger partial charge is 0.258 e. The summed E-state index contributed by atoms with van der Waals surface area (Å²) in [6.07, 6.45) is -1.20. The molecule has 1 heterocycles. The standard InChI is InChI=1S/C20H17F2NO2/c21-19(22)13-23-12-4-7-18(20(23)24)16-8-10-17(11-9-16)25-14-15-5-2-1-3-6-15/h1-12,19H,13-14H2. The monoisotopic (exact) mass is 341 g/mol. The highest BCUT2D eigenvalue weighted by Gasteiger charge is 2.10.